The highest BCUT2D eigenvalue weighted by Crippen LogP contribution is 2.37. The van der Waals surface area contributed by atoms with Gasteiger partial charge in [-0.25, -0.2) is 0 Å². The van der Waals surface area contributed by atoms with Gasteiger partial charge in [0.25, 0.3) is 0 Å². The van der Waals surface area contributed by atoms with Crippen molar-refractivity contribution in [3.8, 4) is 0 Å². The average molecular weight is 1050 g/mol. The van der Waals surface area contributed by atoms with Crippen LogP contribution in [0.5, 0.6) is 0 Å². The van der Waals surface area contributed by atoms with Crippen molar-refractivity contribution in [3.05, 3.63) is 240 Å². The highest BCUT2D eigenvalue weighted by molar-refractivity contribution is 8.03. The van der Waals surface area contributed by atoms with Crippen LogP contribution in [0.25, 0.3) is 0 Å². The number of aliphatic hydroxyl groups excluding tert-OH is 2. The van der Waals surface area contributed by atoms with Crippen molar-refractivity contribution < 1.29 is 10.2 Å². The van der Waals surface area contributed by atoms with Gasteiger partial charge in [0.15, 0.2) is 8.68 Å². The predicted octanol–water partition coefficient (Wildman–Crippen LogP) is 14.7. The largest absolute Gasteiger partial charge is 0.390 e. The molecule has 378 valence electrons. The molecule has 0 bridgehead atoms. The molecular formula is C62H60N8O2S3. The van der Waals surface area contributed by atoms with Gasteiger partial charge < -0.3 is 20.0 Å². The highest BCUT2D eigenvalue weighted by Gasteiger charge is 2.18. The topological polar surface area (TPSA) is 104 Å². The second-order valence-corrected chi connectivity index (χ2v) is 21.8. The smallest absolute Gasteiger partial charge is 0.175 e. The molecule has 2 atom stereocenters. The minimum atomic E-state index is -0.719. The molecule has 0 aliphatic rings. The van der Waals surface area contributed by atoms with E-state index in [9.17, 15) is 10.2 Å². The zero-order valence-electron chi connectivity index (χ0n) is 42.5. The Kier molecular flexibility index (Phi) is 17.9. The number of hydrogen-bond acceptors (Lipinski definition) is 13. The third kappa shape index (κ3) is 14.6. The predicted molar refractivity (Wildman–Crippen MR) is 317 cm³/mol. The maximum atomic E-state index is 11.4. The van der Waals surface area contributed by atoms with E-state index >= 15 is 0 Å². The van der Waals surface area contributed by atoms with Crippen LogP contribution in [0, 0.1) is 27.7 Å². The number of thioether (sulfide) groups is 2. The van der Waals surface area contributed by atoms with Crippen molar-refractivity contribution in [1.82, 2.24) is 10.2 Å². The molecule has 75 heavy (non-hydrogen) atoms. The van der Waals surface area contributed by atoms with E-state index < -0.39 is 12.2 Å². The van der Waals surface area contributed by atoms with Crippen molar-refractivity contribution in [2.45, 2.75) is 48.6 Å². The highest BCUT2D eigenvalue weighted by atomic mass is 32.2. The van der Waals surface area contributed by atoms with Crippen LogP contribution in [-0.2, 0) is 0 Å². The third-order valence-corrected chi connectivity index (χ3v) is 15.7. The van der Waals surface area contributed by atoms with Crippen molar-refractivity contribution in [2.75, 3.05) is 44.4 Å². The molecule has 0 aliphatic heterocycles. The summed E-state index contributed by atoms with van der Waals surface area (Å²) >= 11 is 4.37. The maximum Gasteiger partial charge on any atom is 0.175 e. The molecule has 13 heteroatoms. The third-order valence-electron chi connectivity index (χ3n) is 12.2. The van der Waals surface area contributed by atoms with Crippen molar-refractivity contribution in [3.63, 3.8) is 0 Å². The number of aliphatic hydroxyl groups is 2. The number of para-hydroxylation sites is 2. The summed E-state index contributed by atoms with van der Waals surface area (Å²) < 4.78 is 1.49. The van der Waals surface area contributed by atoms with Gasteiger partial charge >= 0.3 is 0 Å². The lowest BCUT2D eigenvalue weighted by Crippen LogP contribution is -2.30. The van der Waals surface area contributed by atoms with Gasteiger partial charge in [0.05, 0.1) is 49.1 Å². The molecule has 9 aromatic rings. The summed E-state index contributed by atoms with van der Waals surface area (Å²) in [5, 5.41) is 44.9. The van der Waals surface area contributed by atoms with Gasteiger partial charge in [-0.2, -0.15) is 10.2 Å². The number of aryl methyl sites for hydroxylation is 4. The summed E-state index contributed by atoms with van der Waals surface area (Å²) in [6.07, 6.45) is 2.23. The fourth-order valence-corrected chi connectivity index (χ4v) is 11.1. The van der Waals surface area contributed by atoms with E-state index in [4.69, 9.17) is 10.2 Å². The molecule has 0 fully saturated rings. The Balaban J connectivity index is 0.794. The van der Waals surface area contributed by atoms with Crippen LogP contribution in [0.3, 0.4) is 0 Å². The summed E-state index contributed by atoms with van der Waals surface area (Å²) in [5.74, 6) is 0.793. The Labute approximate surface area is 453 Å². The minimum Gasteiger partial charge on any atom is -0.390 e. The van der Waals surface area contributed by atoms with Crippen LogP contribution in [0.2, 0.25) is 0 Å². The number of nitrogens with zero attached hydrogens (tertiary/aromatic N) is 8. The summed E-state index contributed by atoms with van der Waals surface area (Å²) in [6, 6.07) is 70.7. The minimum absolute atomic E-state index is 0.277. The van der Waals surface area contributed by atoms with Gasteiger partial charge in [-0.1, -0.05) is 166 Å². The molecule has 2 N–H and O–H groups in total. The lowest BCUT2D eigenvalue weighted by molar-refractivity contribution is 0.204. The number of rotatable bonds is 22. The van der Waals surface area contributed by atoms with Gasteiger partial charge in [0, 0.05) is 45.6 Å². The van der Waals surface area contributed by atoms with Crippen LogP contribution >= 0.6 is 34.9 Å². The van der Waals surface area contributed by atoms with Gasteiger partial charge in [-0.3, -0.25) is 10.0 Å². The standard InChI is InChI=1S/C62H60N8O2S3/c1-45-15-27-53(28-16-45)69(54-29-17-46(2)18-30-54)57-35-23-49(24-36-57)39-63-67(51-11-7-5-8-12-51)41-59(71)43-73-61-65-66-62(75-61)74-44-60(72)42-68(52-13-9-6-10-14-52)64-40-50-25-37-58(38-26-50)70(55-31-19-47(3)20-32-55)56-33-21-48(4)22-34-56/h5-40,59-60,71-72H,41-44H2,1-4H3/b63-39+,64-40+. The fraction of sp³-hybridized carbons (Fsp3) is 0.161. The van der Waals surface area contributed by atoms with Gasteiger partial charge in [0.1, 0.15) is 0 Å². The van der Waals surface area contributed by atoms with E-state index in [1.54, 1.807) is 0 Å². The first kappa shape index (κ1) is 52.3. The average Bonchev–Trinajstić information content (AvgIpc) is 3.91. The molecule has 0 amide bonds. The molecule has 10 nitrogen and oxygen atoms in total. The van der Waals surface area contributed by atoms with Gasteiger partial charge in [-0.05, 0) is 136 Å². The number of hydrogen-bond donors (Lipinski definition) is 2. The van der Waals surface area contributed by atoms with E-state index in [0.717, 1.165) is 65.3 Å². The van der Waals surface area contributed by atoms with Crippen LogP contribution in [0.4, 0.5) is 45.5 Å². The Morgan fingerprint density at radius 3 is 0.973 bits per heavy atom. The summed E-state index contributed by atoms with van der Waals surface area (Å²) in [7, 11) is 0. The van der Waals surface area contributed by atoms with E-state index in [0.29, 0.717) is 11.5 Å². The lowest BCUT2D eigenvalue weighted by atomic mass is 10.1. The Hall–Kier alpha value is -7.52. The number of aromatic nitrogens is 2. The van der Waals surface area contributed by atoms with Gasteiger partial charge in [-0.15, -0.1) is 10.2 Å². The molecule has 0 saturated carbocycles. The first-order valence-corrected chi connectivity index (χ1v) is 27.6. The van der Waals surface area contributed by atoms with Gasteiger partial charge in [0.2, 0.25) is 0 Å². The Morgan fingerprint density at radius 2 is 0.680 bits per heavy atom. The summed E-state index contributed by atoms with van der Waals surface area (Å²) in [5.41, 5.74) is 14.9. The van der Waals surface area contributed by atoms with Crippen LogP contribution in [-0.4, -0.2) is 69.6 Å². The second kappa shape index (κ2) is 25.6. The lowest BCUT2D eigenvalue weighted by Gasteiger charge is -2.26. The second-order valence-electron chi connectivity index (χ2n) is 18.3. The quantitative estimate of drug-likeness (QED) is 0.0387. The maximum absolute atomic E-state index is 11.4. The van der Waals surface area contributed by atoms with E-state index in [1.165, 1.54) is 57.1 Å². The zero-order chi connectivity index (χ0) is 51.9. The molecule has 0 spiro atoms. The molecule has 0 aliphatic carbocycles. The number of benzene rings is 8. The monoisotopic (exact) mass is 1040 g/mol. The first-order chi connectivity index (χ1) is 36.6. The van der Waals surface area contributed by atoms with Crippen molar-refractivity contribution >= 4 is 92.8 Å². The fourth-order valence-electron chi connectivity index (χ4n) is 8.15. The normalized spacial score (nSPS) is 12.2. The van der Waals surface area contributed by atoms with E-state index in [2.05, 4.69) is 193 Å². The summed E-state index contributed by atoms with van der Waals surface area (Å²) in [4.78, 5) is 4.50. The van der Waals surface area contributed by atoms with E-state index in [1.807, 2.05) is 83.1 Å². The first-order valence-electron chi connectivity index (χ1n) is 24.9. The van der Waals surface area contributed by atoms with Crippen LogP contribution in [0.1, 0.15) is 33.4 Å². The molecule has 1 aromatic heterocycles. The SMILES string of the molecule is Cc1ccc(N(c2ccc(C)cc2)c2ccc(/C=N/N(CC(O)CSc3nnc(SCC(O)CN(/N=C/c4ccc(N(c5ccc(C)cc5)c5ccc(C)cc5)cc4)c4ccccc4)s3)c3ccccc3)cc2)cc1. The number of hydrazone groups is 2. The van der Waals surface area contributed by atoms with Crippen molar-refractivity contribution in [1.29, 1.82) is 0 Å². The Bertz CT molecular complexity index is 2920. The van der Waals surface area contributed by atoms with Crippen LogP contribution in [0.15, 0.2) is 225 Å². The molecule has 1 heterocycles. The molecule has 9 rings (SSSR count). The molecular weight excluding hydrogens is 985 g/mol. The number of anilines is 8. The molecule has 0 saturated heterocycles. The van der Waals surface area contributed by atoms with E-state index in [-0.39, 0.29) is 13.1 Å². The zero-order valence-corrected chi connectivity index (χ0v) is 44.9. The van der Waals surface area contributed by atoms with Crippen molar-refractivity contribution in [2.24, 2.45) is 10.2 Å². The van der Waals surface area contributed by atoms with Crippen LogP contribution < -0.4 is 19.8 Å². The Morgan fingerprint density at radius 1 is 0.400 bits per heavy atom. The molecule has 2 unspecified atom stereocenters. The summed E-state index contributed by atoms with van der Waals surface area (Å²) in [6.45, 7) is 8.95. The molecule has 8 aromatic carbocycles. The molecule has 0 radical (unpaired) electrons.